The van der Waals surface area contributed by atoms with E-state index in [4.69, 9.17) is 9.47 Å². The van der Waals surface area contributed by atoms with Crippen LogP contribution in [0.25, 0.3) is 11.8 Å². The number of carboxylic acid groups (broad SMARTS) is 1. The predicted molar refractivity (Wildman–Crippen MR) is 157 cm³/mol. The van der Waals surface area contributed by atoms with E-state index < -0.39 is 77.7 Å². The summed E-state index contributed by atoms with van der Waals surface area (Å²) in [5, 5.41) is 27.7. The number of nitrogens with one attached hydrogen (secondary N) is 2. The van der Waals surface area contributed by atoms with Gasteiger partial charge in [0.25, 0.3) is 0 Å². The van der Waals surface area contributed by atoms with Gasteiger partial charge in [-0.1, -0.05) is 32.9 Å². The number of aliphatic carboxylic acids is 1. The highest BCUT2D eigenvalue weighted by Gasteiger charge is 2.66. The van der Waals surface area contributed by atoms with Crippen molar-refractivity contribution < 1.29 is 42.5 Å². The SMILES string of the molecule is COc1ccc2c(c1)/C=C/C[C@H](C)OC(=O)N[C@@H](C(C)(C)C)C(=O)N1C[C@@H](C[C@H]1C(=O)N[C@@]1(C(=O)O)C[C@H]1C(F)F)c1nnn-2n1. The van der Waals surface area contributed by atoms with Crippen molar-refractivity contribution in [2.45, 2.75) is 83.0 Å². The second kappa shape index (κ2) is 12.3. The van der Waals surface area contributed by atoms with Gasteiger partial charge in [-0.15, -0.1) is 15.0 Å². The van der Waals surface area contributed by atoms with Gasteiger partial charge in [-0.05, 0) is 48.6 Å². The van der Waals surface area contributed by atoms with E-state index in [0.717, 1.165) is 0 Å². The number of tetrazole rings is 1. The number of aromatic nitrogens is 4. The van der Waals surface area contributed by atoms with Crippen LogP contribution in [0.5, 0.6) is 5.75 Å². The molecule has 0 unspecified atom stereocenters. The number of carbonyl (C=O) groups excluding carboxylic acids is 3. The fraction of sp³-hybridized carbons (Fsp3) is 0.567. The van der Waals surface area contributed by atoms with E-state index in [2.05, 4.69) is 26.0 Å². The number of cyclic esters (lactones) is 1. The number of benzene rings is 1. The van der Waals surface area contributed by atoms with Gasteiger partial charge in [0.2, 0.25) is 18.2 Å². The van der Waals surface area contributed by atoms with E-state index in [-0.39, 0.29) is 18.8 Å². The molecule has 3 aliphatic rings. The van der Waals surface area contributed by atoms with Crippen LogP contribution in [0.15, 0.2) is 24.3 Å². The van der Waals surface area contributed by atoms with Gasteiger partial charge in [0.1, 0.15) is 29.5 Å². The normalized spacial score (nSPS) is 28.9. The van der Waals surface area contributed by atoms with Crippen molar-refractivity contribution in [1.29, 1.82) is 0 Å². The molecule has 4 bridgehead atoms. The summed E-state index contributed by atoms with van der Waals surface area (Å²) in [6.45, 7) is 6.78. The van der Waals surface area contributed by atoms with Crippen molar-refractivity contribution in [2.24, 2.45) is 11.3 Å². The molecule has 1 saturated carbocycles. The van der Waals surface area contributed by atoms with E-state index in [1.165, 1.54) is 16.8 Å². The van der Waals surface area contributed by atoms with E-state index in [0.29, 0.717) is 23.4 Å². The summed E-state index contributed by atoms with van der Waals surface area (Å²) in [6.07, 6.45) is -0.935. The Bertz CT molecular complexity index is 1560. The first-order chi connectivity index (χ1) is 21.6. The number of methoxy groups -OCH3 is 1. The Labute approximate surface area is 263 Å². The Morgan fingerprint density at radius 2 is 2.00 bits per heavy atom. The number of carboxylic acids is 1. The van der Waals surface area contributed by atoms with Gasteiger partial charge < -0.3 is 30.1 Å². The molecule has 46 heavy (non-hydrogen) atoms. The van der Waals surface area contributed by atoms with Gasteiger partial charge in [-0.2, -0.15) is 0 Å². The fourth-order valence-corrected chi connectivity index (χ4v) is 5.90. The van der Waals surface area contributed by atoms with Crippen LogP contribution in [0.2, 0.25) is 0 Å². The molecule has 1 aromatic carbocycles. The zero-order chi connectivity index (χ0) is 33.6. The van der Waals surface area contributed by atoms with Gasteiger partial charge in [-0.3, -0.25) is 9.59 Å². The zero-order valence-electron chi connectivity index (χ0n) is 26.1. The first-order valence-corrected chi connectivity index (χ1v) is 14.9. The fourth-order valence-electron chi connectivity index (χ4n) is 5.90. The molecule has 248 valence electrons. The number of hydrogen-bond acceptors (Lipinski definition) is 9. The monoisotopic (exact) mass is 645 g/mol. The lowest BCUT2D eigenvalue weighted by Crippen LogP contribution is -2.59. The summed E-state index contributed by atoms with van der Waals surface area (Å²) in [5.74, 6) is -4.55. The zero-order valence-corrected chi connectivity index (χ0v) is 26.1. The molecular formula is C30H37F2N7O7. The average Bonchev–Trinajstić information content (AvgIpc) is 3.30. The molecule has 3 N–H and O–H groups in total. The minimum Gasteiger partial charge on any atom is -0.497 e. The van der Waals surface area contributed by atoms with Crippen molar-refractivity contribution in [3.63, 3.8) is 0 Å². The maximum Gasteiger partial charge on any atom is 0.408 e. The maximum absolute atomic E-state index is 14.2. The van der Waals surface area contributed by atoms with Crippen LogP contribution >= 0.6 is 0 Å². The molecule has 3 amide bonds. The number of rotatable bonds is 5. The topological polar surface area (TPSA) is 178 Å². The average molecular weight is 646 g/mol. The molecule has 6 atom stereocenters. The molecule has 2 aliphatic heterocycles. The molecule has 16 heteroatoms. The maximum atomic E-state index is 14.2. The highest BCUT2D eigenvalue weighted by molar-refractivity contribution is 5.96. The first-order valence-electron chi connectivity index (χ1n) is 14.9. The lowest BCUT2D eigenvalue weighted by Gasteiger charge is -2.35. The third kappa shape index (κ3) is 6.37. The number of amides is 3. The second-order valence-electron chi connectivity index (χ2n) is 13.0. The molecule has 2 fully saturated rings. The van der Waals surface area contributed by atoms with Crippen LogP contribution in [0.1, 0.15) is 64.3 Å². The standard InChI is InChI=1S/C30H37F2N7O7/c1-15-7-6-8-16-11-18(45-5)9-10-20(16)39-36-24(35-37-39)17-12-21(25(40)34-30(27(42)43)13-19(30)23(31)32)38(14-17)26(41)22(29(2,3)4)33-28(44)46-15/h6,8-11,15,17,19,21-23H,7,12-14H2,1-5H3,(H,33,44)(H,34,40)(H,42,43)/b8-6+/t15-,17+,19-,21-,22+,30-/m0/s1. The molecule has 1 saturated heterocycles. The number of nitrogens with zero attached hydrogens (tertiary/aromatic N) is 5. The molecule has 1 aromatic heterocycles. The van der Waals surface area contributed by atoms with Gasteiger partial charge in [0.15, 0.2) is 5.82 Å². The number of carbonyl (C=O) groups is 4. The molecular weight excluding hydrogens is 608 g/mol. The number of fused-ring (bicyclic) bond motifs is 7. The number of hydrogen-bond donors (Lipinski definition) is 3. The van der Waals surface area contributed by atoms with Crippen LogP contribution in [-0.4, -0.2) is 97.9 Å². The van der Waals surface area contributed by atoms with E-state index in [1.54, 1.807) is 52.0 Å². The Kier molecular flexibility index (Phi) is 8.75. The van der Waals surface area contributed by atoms with Gasteiger partial charge >= 0.3 is 12.1 Å². The number of halogens is 2. The van der Waals surface area contributed by atoms with Crippen LogP contribution in [0, 0.1) is 11.3 Å². The van der Waals surface area contributed by atoms with Crippen LogP contribution < -0.4 is 15.4 Å². The van der Waals surface area contributed by atoms with Crippen LogP contribution in [0.3, 0.4) is 0 Å². The third-order valence-electron chi connectivity index (χ3n) is 8.63. The first kappa shape index (κ1) is 32.8. The highest BCUT2D eigenvalue weighted by atomic mass is 19.3. The quantitative estimate of drug-likeness (QED) is 0.438. The summed E-state index contributed by atoms with van der Waals surface area (Å²) < 4.78 is 37.9. The summed E-state index contributed by atoms with van der Waals surface area (Å²) in [7, 11) is 1.53. The van der Waals surface area contributed by atoms with Crippen molar-refractivity contribution in [3.8, 4) is 11.4 Å². The minimum atomic E-state index is -2.96. The number of alkyl halides is 2. The van der Waals surface area contributed by atoms with Crippen molar-refractivity contribution >= 4 is 30.0 Å². The molecule has 0 radical (unpaired) electrons. The summed E-state index contributed by atoms with van der Waals surface area (Å²) in [6, 6.07) is 2.78. The minimum absolute atomic E-state index is 0.0496. The highest BCUT2D eigenvalue weighted by Crippen LogP contribution is 2.48. The van der Waals surface area contributed by atoms with E-state index in [9.17, 15) is 33.1 Å². The molecule has 1 aliphatic carbocycles. The smallest absolute Gasteiger partial charge is 0.408 e. The molecule has 3 heterocycles. The second-order valence-corrected chi connectivity index (χ2v) is 13.0. The molecule has 0 spiro atoms. The lowest BCUT2D eigenvalue weighted by molar-refractivity contribution is -0.147. The van der Waals surface area contributed by atoms with Gasteiger partial charge in [0, 0.05) is 24.4 Å². The van der Waals surface area contributed by atoms with Crippen molar-refractivity contribution in [1.82, 2.24) is 35.7 Å². The number of alkyl carbamates (subject to hydrolysis) is 1. The largest absolute Gasteiger partial charge is 0.497 e. The van der Waals surface area contributed by atoms with Gasteiger partial charge in [0.05, 0.1) is 18.7 Å². The Morgan fingerprint density at radius 3 is 2.63 bits per heavy atom. The molecule has 5 rings (SSSR count). The third-order valence-corrected chi connectivity index (χ3v) is 8.63. The van der Waals surface area contributed by atoms with Crippen LogP contribution in [-0.2, 0) is 19.1 Å². The molecule has 14 nitrogen and oxygen atoms in total. The Hall–Kier alpha value is -4.63. The molecule has 2 aromatic rings. The van der Waals surface area contributed by atoms with Crippen molar-refractivity contribution in [3.05, 3.63) is 35.7 Å². The lowest BCUT2D eigenvalue weighted by atomic mass is 9.85. The predicted octanol–water partition coefficient (Wildman–Crippen LogP) is 2.53. The van der Waals surface area contributed by atoms with Gasteiger partial charge in [-0.25, -0.2) is 18.4 Å². The van der Waals surface area contributed by atoms with Crippen LogP contribution in [0.4, 0.5) is 13.6 Å². The Morgan fingerprint density at radius 1 is 1.26 bits per heavy atom. The van der Waals surface area contributed by atoms with E-state index >= 15 is 0 Å². The summed E-state index contributed by atoms with van der Waals surface area (Å²) in [5.41, 5.74) is -1.78. The summed E-state index contributed by atoms with van der Waals surface area (Å²) in [4.78, 5) is 55.4. The van der Waals surface area contributed by atoms with Crippen molar-refractivity contribution in [2.75, 3.05) is 13.7 Å². The summed E-state index contributed by atoms with van der Waals surface area (Å²) >= 11 is 0. The Balaban J connectivity index is 1.55. The number of ether oxygens (including phenoxy) is 2. The van der Waals surface area contributed by atoms with E-state index in [1.807, 2.05) is 6.08 Å².